The summed E-state index contributed by atoms with van der Waals surface area (Å²) in [5, 5.41) is 8.95. The van der Waals surface area contributed by atoms with Crippen molar-refractivity contribution < 1.29 is 13.5 Å². The van der Waals surface area contributed by atoms with E-state index in [1.807, 2.05) is 20.8 Å². The van der Waals surface area contributed by atoms with Crippen LogP contribution in [0.1, 0.15) is 235 Å². The summed E-state index contributed by atoms with van der Waals surface area (Å²) < 4.78 is 29.7. The van der Waals surface area contributed by atoms with E-state index in [4.69, 9.17) is 10.00 Å². The molecular formula is C51H97F2NO. The Hall–Kier alpha value is -0.690. The molecule has 0 aromatic rings. The first-order chi connectivity index (χ1) is 24.3. The first-order valence-electron chi connectivity index (χ1n) is 22.7. The molecule has 0 spiro atoms. The van der Waals surface area contributed by atoms with E-state index in [9.17, 15) is 8.78 Å². The van der Waals surface area contributed by atoms with Crippen LogP contribution in [0.2, 0.25) is 0 Å². The highest BCUT2D eigenvalue weighted by atomic mass is 19.3. The number of hydrogen-bond acceptors (Lipinski definition) is 2. The molecular weight excluding hydrogens is 681 g/mol. The van der Waals surface area contributed by atoms with Crippen molar-refractivity contribution in [2.45, 2.75) is 241 Å². The van der Waals surface area contributed by atoms with Gasteiger partial charge in [0.25, 0.3) is 5.92 Å². The van der Waals surface area contributed by atoms with Crippen LogP contribution >= 0.6 is 0 Å². The van der Waals surface area contributed by atoms with Crippen LogP contribution in [0.3, 0.4) is 0 Å². The third kappa shape index (κ3) is 26.8. The van der Waals surface area contributed by atoms with Crippen molar-refractivity contribution >= 4 is 0 Å². The highest BCUT2D eigenvalue weighted by molar-refractivity contribution is 5.06. The molecule has 6 aliphatic rings. The van der Waals surface area contributed by atoms with Crippen LogP contribution in [-0.4, -0.2) is 19.1 Å². The van der Waals surface area contributed by atoms with Gasteiger partial charge in [-0.2, -0.15) is 5.26 Å². The van der Waals surface area contributed by atoms with E-state index in [-0.39, 0.29) is 23.2 Å². The van der Waals surface area contributed by atoms with E-state index in [0.29, 0.717) is 33.5 Å². The van der Waals surface area contributed by atoms with E-state index in [1.165, 1.54) is 64.2 Å². The largest absolute Gasteiger partial charge is 0.381 e. The Kier molecular flexibility index (Phi) is 18.2. The lowest BCUT2D eigenvalue weighted by Gasteiger charge is -2.39. The second-order valence-electron chi connectivity index (χ2n) is 27.3. The molecule has 1 heterocycles. The van der Waals surface area contributed by atoms with E-state index < -0.39 is 5.92 Å². The Morgan fingerprint density at radius 2 is 0.927 bits per heavy atom. The minimum absolute atomic E-state index is 0.0538. The molecule has 55 heavy (non-hydrogen) atoms. The molecule has 5 aliphatic carbocycles. The van der Waals surface area contributed by atoms with Crippen molar-refractivity contribution in [3.05, 3.63) is 0 Å². The van der Waals surface area contributed by atoms with Crippen molar-refractivity contribution in [1.82, 2.24) is 0 Å². The third-order valence-electron chi connectivity index (χ3n) is 11.8. The van der Waals surface area contributed by atoms with Gasteiger partial charge in [-0.15, -0.1) is 0 Å². The van der Waals surface area contributed by atoms with E-state index in [1.54, 1.807) is 0 Å². The van der Waals surface area contributed by atoms with Crippen LogP contribution in [0.25, 0.3) is 0 Å². The summed E-state index contributed by atoms with van der Waals surface area (Å²) in [4.78, 5) is 0. The zero-order chi connectivity index (χ0) is 43.2. The minimum atomic E-state index is -2.33. The molecule has 5 saturated carbocycles. The maximum absolute atomic E-state index is 12.3. The van der Waals surface area contributed by atoms with Gasteiger partial charge in [0.1, 0.15) is 0 Å². The molecule has 1 saturated heterocycles. The van der Waals surface area contributed by atoms with Gasteiger partial charge in [-0.3, -0.25) is 0 Å². The Morgan fingerprint density at radius 3 is 1.00 bits per heavy atom. The summed E-state index contributed by atoms with van der Waals surface area (Å²) in [6, 6.07) is 2.47. The van der Waals surface area contributed by atoms with Gasteiger partial charge >= 0.3 is 0 Å². The number of rotatable bonds is 5. The van der Waals surface area contributed by atoms with Crippen LogP contribution in [0.5, 0.6) is 0 Å². The molecule has 0 N–H and O–H groups in total. The molecule has 0 amide bonds. The van der Waals surface area contributed by atoms with Crippen LogP contribution in [0, 0.1) is 77.8 Å². The third-order valence-corrected chi connectivity index (χ3v) is 11.8. The van der Waals surface area contributed by atoms with Crippen LogP contribution < -0.4 is 0 Å². The van der Waals surface area contributed by atoms with Crippen LogP contribution in [-0.2, 0) is 4.74 Å². The van der Waals surface area contributed by atoms with Crippen molar-refractivity contribution in [3.63, 3.8) is 0 Å². The Morgan fingerprint density at radius 1 is 0.564 bits per heavy atom. The monoisotopic (exact) mass is 778 g/mol. The second kappa shape index (κ2) is 19.1. The number of nitriles is 1. The Balaban J connectivity index is 0.000000331. The number of nitrogens with zero attached hydrogens (tertiary/aromatic N) is 1. The van der Waals surface area contributed by atoms with Crippen molar-refractivity contribution in [1.29, 1.82) is 5.26 Å². The normalized spacial score (nSPS) is 24.2. The zero-order valence-electron chi connectivity index (χ0n) is 40.9. The van der Waals surface area contributed by atoms with Crippen molar-refractivity contribution in [2.75, 3.05) is 13.2 Å². The van der Waals surface area contributed by atoms with Gasteiger partial charge in [0.05, 0.1) is 24.7 Å². The fraction of sp³-hybridized carbons (Fsp3) is 0.980. The first kappa shape index (κ1) is 52.3. The smallest absolute Gasteiger partial charge is 0.251 e. The van der Waals surface area contributed by atoms with Gasteiger partial charge in [-0.1, -0.05) is 158 Å². The maximum Gasteiger partial charge on any atom is 0.251 e. The Bertz CT molecular complexity index is 1110. The SMILES string of the molecule is CC(C)(C)C1COC1.CC(C)(C)CC1(C#N)CCC1.CC(C)(C)CC1(C)CC1.CC(C)(C)CC1(C)CC1.CC(C)(C)CC1CC1.CC(C)(C)CC1CC1(F)F. The fourth-order valence-corrected chi connectivity index (χ4v) is 8.44. The summed E-state index contributed by atoms with van der Waals surface area (Å²) in [7, 11) is 0. The molecule has 4 heteroatoms. The number of alkyl halides is 2. The second-order valence-corrected chi connectivity index (χ2v) is 27.3. The fourth-order valence-electron chi connectivity index (χ4n) is 8.44. The average molecular weight is 778 g/mol. The summed E-state index contributed by atoms with van der Waals surface area (Å²) in [6.45, 7) is 47.1. The van der Waals surface area contributed by atoms with Crippen molar-refractivity contribution in [3.8, 4) is 6.07 Å². The molecule has 6 fully saturated rings. The topological polar surface area (TPSA) is 33.0 Å². The molecule has 1 unspecified atom stereocenters. The Labute approximate surface area is 344 Å². The van der Waals surface area contributed by atoms with Gasteiger partial charge in [0.15, 0.2) is 0 Å². The molecule has 0 radical (unpaired) electrons. The molecule has 0 bridgehead atoms. The quantitative estimate of drug-likeness (QED) is 0.279. The maximum atomic E-state index is 12.3. The van der Waals surface area contributed by atoms with Gasteiger partial charge in [0, 0.05) is 18.3 Å². The van der Waals surface area contributed by atoms with Gasteiger partial charge in [0.2, 0.25) is 0 Å². The summed E-state index contributed by atoms with van der Waals surface area (Å²) in [5.74, 6) is -0.752. The standard InChI is InChI=1S/C10H17N.2C9H18.C8H14F2.C8H16.C7H14O/c1-9(2,3)7-10(8-11)5-4-6-10;2*1-8(2,3)7-9(4)5-6-9;1-7(2,3)4-6-5-8(6,9)10;1-8(2,3)6-7-4-5-7;1-7(2,3)6-4-8-5-6/h4-7H2,1-3H3;2*5-7H2,1-4H3;6H,4-5H2,1-3H3;7H,4-6H2,1-3H3;6H,4-5H2,1-3H3. The van der Waals surface area contributed by atoms with Gasteiger partial charge in [-0.25, -0.2) is 8.78 Å². The van der Waals surface area contributed by atoms with E-state index in [0.717, 1.165) is 55.1 Å². The molecule has 6 rings (SSSR count). The van der Waals surface area contributed by atoms with Crippen LogP contribution in [0.4, 0.5) is 8.78 Å². The van der Waals surface area contributed by atoms with Gasteiger partial charge < -0.3 is 4.74 Å². The summed E-state index contributed by atoms with van der Waals surface area (Å²) in [5.41, 5.74) is 4.05. The van der Waals surface area contributed by atoms with E-state index in [2.05, 4.69) is 124 Å². The summed E-state index contributed by atoms with van der Waals surface area (Å²) in [6.07, 6.45) is 18.4. The lowest BCUT2D eigenvalue weighted by Crippen LogP contribution is -2.37. The lowest BCUT2D eigenvalue weighted by molar-refractivity contribution is -0.0821. The predicted molar refractivity (Wildman–Crippen MR) is 236 cm³/mol. The molecule has 1 atom stereocenters. The number of ether oxygens (including phenoxy) is 1. The number of halogens is 2. The zero-order valence-corrected chi connectivity index (χ0v) is 40.9. The molecule has 0 aromatic heterocycles. The molecule has 1 aliphatic heterocycles. The molecule has 326 valence electrons. The first-order valence-corrected chi connectivity index (χ1v) is 22.7. The lowest BCUT2D eigenvalue weighted by atomic mass is 9.62. The highest BCUT2D eigenvalue weighted by Crippen LogP contribution is 2.54. The number of hydrogen-bond donors (Lipinski definition) is 0. The van der Waals surface area contributed by atoms with E-state index >= 15 is 0 Å². The highest BCUT2D eigenvalue weighted by Gasteiger charge is 2.57. The molecule has 2 nitrogen and oxygen atoms in total. The van der Waals surface area contributed by atoms with Crippen molar-refractivity contribution in [2.24, 2.45) is 66.5 Å². The summed E-state index contributed by atoms with van der Waals surface area (Å²) >= 11 is 0. The van der Waals surface area contributed by atoms with Gasteiger partial charge in [-0.05, 0) is 120 Å². The molecule has 0 aromatic carbocycles. The minimum Gasteiger partial charge on any atom is -0.381 e. The predicted octanol–water partition coefficient (Wildman–Crippen LogP) is 17.2. The van der Waals surface area contributed by atoms with Crippen LogP contribution in [0.15, 0.2) is 0 Å². The average Bonchev–Trinajstić information content (AvgIpc) is 3.73.